The van der Waals surface area contributed by atoms with Gasteiger partial charge in [0.05, 0.1) is 16.7 Å². The molecule has 0 bridgehead atoms. The number of carbonyl (C=O) groups excluding carboxylic acids is 1. The number of carbonyl (C=O) groups is 1. The topological polar surface area (TPSA) is 54.5 Å². The van der Waals surface area contributed by atoms with E-state index < -0.39 is 5.82 Å². The van der Waals surface area contributed by atoms with E-state index in [1.165, 1.54) is 12.1 Å². The van der Waals surface area contributed by atoms with E-state index in [1.54, 1.807) is 29.3 Å². The summed E-state index contributed by atoms with van der Waals surface area (Å²) in [7, 11) is 0. The monoisotopic (exact) mass is 379 g/mol. The molecule has 1 fully saturated rings. The fourth-order valence-corrected chi connectivity index (χ4v) is 2.73. The Morgan fingerprint density at radius 2 is 2.17 bits per heavy atom. The number of benzene rings is 1. The van der Waals surface area contributed by atoms with E-state index in [2.05, 4.69) is 26.2 Å². The summed E-state index contributed by atoms with van der Waals surface area (Å²) in [4.78, 5) is 18.0. The molecule has 1 unspecified atom stereocenters. The van der Waals surface area contributed by atoms with E-state index in [4.69, 9.17) is 4.74 Å². The molecule has 7 heteroatoms. The third-order valence-corrected chi connectivity index (χ3v) is 4.15. The molecule has 23 heavy (non-hydrogen) atoms. The number of nitrogens with zero attached hydrogens (tertiary/aromatic N) is 2. The van der Waals surface area contributed by atoms with Gasteiger partial charge in [-0.1, -0.05) is 12.1 Å². The molecule has 5 nitrogen and oxygen atoms in total. The number of anilines is 1. The van der Waals surface area contributed by atoms with Gasteiger partial charge in [-0.3, -0.25) is 0 Å². The summed E-state index contributed by atoms with van der Waals surface area (Å²) in [6.07, 6.45) is 2.22. The largest absolute Gasteiger partial charge is 0.472 e. The molecule has 1 aliphatic heterocycles. The summed E-state index contributed by atoms with van der Waals surface area (Å²) < 4.78 is 20.2. The number of ether oxygens (including phenoxy) is 1. The molecule has 1 atom stereocenters. The lowest BCUT2D eigenvalue weighted by Crippen LogP contribution is -2.34. The van der Waals surface area contributed by atoms with Crippen LogP contribution in [0.4, 0.5) is 14.9 Å². The first kappa shape index (κ1) is 15.7. The number of aromatic nitrogens is 1. The predicted octanol–water partition coefficient (Wildman–Crippen LogP) is 3.67. The molecule has 1 saturated heterocycles. The van der Waals surface area contributed by atoms with E-state index in [-0.39, 0.29) is 17.8 Å². The number of likely N-dealkylation sites (tertiary alicyclic amines) is 1. The van der Waals surface area contributed by atoms with Crippen LogP contribution in [0.3, 0.4) is 0 Å². The Hall–Kier alpha value is -2.15. The van der Waals surface area contributed by atoms with Crippen LogP contribution in [-0.4, -0.2) is 35.1 Å². The first-order chi connectivity index (χ1) is 11.1. The second-order valence-electron chi connectivity index (χ2n) is 5.17. The van der Waals surface area contributed by atoms with Crippen molar-refractivity contribution in [3.8, 4) is 5.88 Å². The Morgan fingerprint density at radius 3 is 2.96 bits per heavy atom. The highest BCUT2D eigenvalue weighted by Crippen LogP contribution is 2.25. The van der Waals surface area contributed by atoms with E-state index in [0.717, 1.165) is 4.47 Å². The summed E-state index contributed by atoms with van der Waals surface area (Å²) in [6, 6.07) is 9.41. The molecule has 1 N–H and O–H groups in total. The Labute approximate surface area is 141 Å². The van der Waals surface area contributed by atoms with Crippen molar-refractivity contribution in [1.29, 1.82) is 0 Å². The summed E-state index contributed by atoms with van der Waals surface area (Å²) >= 11 is 3.38. The number of hydrogen-bond acceptors (Lipinski definition) is 3. The van der Waals surface area contributed by atoms with Gasteiger partial charge in [0.1, 0.15) is 11.9 Å². The number of halogens is 2. The normalized spacial score (nSPS) is 17.1. The first-order valence-corrected chi connectivity index (χ1v) is 8.00. The van der Waals surface area contributed by atoms with Gasteiger partial charge in [-0.05, 0) is 40.2 Å². The number of rotatable bonds is 3. The minimum absolute atomic E-state index is 0.132. The van der Waals surface area contributed by atoms with Crippen molar-refractivity contribution in [3.63, 3.8) is 0 Å². The standard InChI is InChI=1S/C16H15BrFN3O2/c17-12-4-3-8-19-15(12)23-11-7-9-21(10-11)16(22)20-14-6-2-1-5-13(14)18/h1-6,8,11H,7,9-10H2,(H,20,22). The number of hydrogen-bond donors (Lipinski definition) is 1. The third-order valence-electron chi connectivity index (χ3n) is 3.55. The van der Waals surface area contributed by atoms with Crippen LogP contribution in [0.1, 0.15) is 6.42 Å². The number of para-hydroxylation sites is 1. The highest BCUT2D eigenvalue weighted by atomic mass is 79.9. The van der Waals surface area contributed by atoms with E-state index in [1.807, 2.05) is 6.07 Å². The summed E-state index contributed by atoms with van der Waals surface area (Å²) in [5, 5.41) is 2.58. The van der Waals surface area contributed by atoms with E-state index in [0.29, 0.717) is 25.4 Å². The highest BCUT2D eigenvalue weighted by Gasteiger charge is 2.28. The molecule has 1 aromatic carbocycles. The number of nitrogens with one attached hydrogen (secondary N) is 1. The Bertz CT molecular complexity index is 713. The molecule has 2 amide bonds. The van der Waals surface area contributed by atoms with E-state index in [9.17, 15) is 9.18 Å². The van der Waals surface area contributed by atoms with Crippen LogP contribution in [0.2, 0.25) is 0 Å². The van der Waals surface area contributed by atoms with E-state index >= 15 is 0 Å². The van der Waals surface area contributed by atoms with Gasteiger partial charge in [-0.2, -0.15) is 0 Å². The van der Waals surface area contributed by atoms with Gasteiger partial charge < -0.3 is 15.0 Å². The van der Waals surface area contributed by atoms with Crippen LogP contribution < -0.4 is 10.1 Å². The molecular weight excluding hydrogens is 365 g/mol. The second-order valence-corrected chi connectivity index (χ2v) is 6.03. The fourth-order valence-electron chi connectivity index (χ4n) is 2.38. The molecule has 2 aromatic rings. The van der Waals surface area contributed by atoms with Crippen molar-refractivity contribution < 1.29 is 13.9 Å². The maximum Gasteiger partial charge on any atom is 0.322 e. The SMILES string of the molecule is O=C(Nc1ccccc1F)N1CCC(Oc2ncccc2Br)C1. The first-order valence-electron chi connectivity index (χ1n) is 7.21. The maximum atomic E-state index is 13.6. The van der Waals surface area contributed by atoms with Crippen LogP contribution in [0.15, 0.2) is 47.1 Å². The molecule has 2 heterocycles. The van der Waals surface area contributed by atoms with Gasteiger partial charge in [0.2, 0.25) is 5.88 Å². The van der Waals surface area contributed by atoms with Crippen molar-refractivity contribution in [3.05, 3.63) is 52.9 Å². The van der Waals surface area contributed by atoms with Gasteiger partial charge in [-0.25, -0.2) is 14.2 Å². The van der Waals surface area contributed by atoms with Crippen LogP contribution >= 0.6 is 15.9 Å². The van der Waals surface area contributed by atoms with Crippen LogP contribution in [0.25, 0.3) is 0 Å². The molecule has 0 saturated carbocycles. The van der Waals surface area contributed by atoms with Crippen molar-refractivity contribution >= 4 is 27.6 Å². The van der Waals surface area contributed by atoms with Crippen molar-refractivity contribution in [2.75, 3.05) is 18.4 Å². The summed E-state index contributed by atoms with van der Waals surface area (Å²) in [6.45, 7) is 0.985. The molecular formula is C16H15BrFN3O2. The summed E-state index contributed by atoms with van der Waals surface area (Å²) in [5.41, 5.74) is 0.175. The average molecular weight is 380 g/mol. The quantitative estimate of drug-likeness (QED) is 0.884. The number of amides is 2. The lowest BCUT2D eigenvalue weighted by atomic mass is 10.3. The zero-order valence-electron chi connectivity index (χ0n) is 12.2. The minimum atomic E-state index is -0.453. The third kappa shape index (κ3) is 3.79. The lowest BCUT2D eigenvalue weighted by Gasteiger charge is -2.18. The van der Waals surface area contributed by atoms with Gasteiger partial charge in [0.25, 0.3) is 0 Å². The van der Waals surface area contributed by atoms with Crippen LogP contribution in [0.5, 0.6) is 5.88 Å². The summed E-state index contributed by atoms with van der Waals surface area (Å²) in [5.74, 6) is 0.0547. The molecule has 120 valence electrons. The Balaban J connectivity index is 1.58. The Morgan fingerprint density at radius 1 is 1.35 bits per heavy atom. The predicted molar refractivity (Wildman–Crippen MR) is 88.0 cm³/mol. The number of urea groups is 1. The maximum absolute atomic E-state index is 13.6. The number of pyridine rings is 1. The Kier molecular flexibility index (Phi) is 4.76. The fraction of sp³-hybridized carbons (Fsp3) is 0.250. The molecule has 0 radical (unpaired) electrons. The van der Waals surface area contributed by atoms with Gasteiger partial charge in [0.15, 0.2) is 0 Å². The highest BCUT2D eigenvalue weighted by molar-refractivity contribution is 9.10. The molecule has 0 spiro atoms. The molecule has 0 aliphatic carbocycles. The van der Waals surface area contributed by atoms with Gasteiger partial charge in [0, 0.05) is 19.2 Å². The smallest absolute Gasteiger partial charge is 0.322 e. The lowest BCUT2D eigenvalue weighted by molar-refractivity contribution is 0.189. The van der Waals surface area contributed by atoms with Crippen molar-refractivity contribution in [2.24, 2.45) is 0 Å². The molecule has 3 rings (SSSR count). The molecule has 1 aliphatic rings. The van der Waals surface area contributed by atoms with Gasteiger partial charge >= 0.3 is 6.03 Å². The van der Waals surface area contributed by atoms with Crippen molar-refractivity contribution in [2.45, 2.75) is 12.5 Å². The second kappa shape index (κ2) is 6.95. The van der Waals surface area contributed by atoms with Crippen molar-refractivity contribution in [1.82, 2.24) is 9.88 Å². The van der Waals surface area contributed by atoms with Crippen LogP contribution in [0, 0.1) is 5.82 Å². The minimum Gasteiger partial charge on any atom is -0.472 e. The van der Waals surface area contributed by atoms with Crippen LogP contribution in [-0.2, 0) is 0 Å². The van der Waals surface area contributed by atoms with Gasteiger partial charge in [-0.15, -0.1) is 0 Å². The molecule has 1 aromatic heterocycles. The zero-order valence-corrected chi connectivity index (χ0v) is 13.8. The average Bonchev–Trinajstić information content (AvgIpc) is 3.01. The zero-order chi connectivity index (χ0) is 16.2.